The minimum Gasteiger partial charge on any atom is -0.336 e. The number of nitrogens with zero attached hydrogens (tertiary/aromatic N) is 1. The number of alkyl halides is 1. The molecule has 0 aliphatic heterocycles. The summed E-state index contributed by atoms with van der Waals surface area (Å²) in [6, 6.07) is 4.16. The highest BCUT2D eigenvalue weighted by molar-refractivity contribution is 7.11. The summed E-state index contributed by atoms with van der Waals surface area (Å²) >= 11 is 7.35. The second-order valence-corrected chi connectivity index (χ2v) is 5.95. The SMILES string of the molecule is Cc1ccc(CN(CC(C)C)C(=O)CCl)s1. The maximum absolute atomic E-state index is 11.7. The lowest BCUT2D eigenvalue weighted by molar-refractivity contribution is -0.129. The van der Waals surface area contributed by atoms with Crippen LogP contribution in [0.1, 0.15) is 23.6 Å². The van der Waals surface area contributed by atoms with Crippen molar-refractivity contribution in [2.24, 2.45) is 5.92 Å². The summed E-state index contributed by atoms with van der Waals surface area (Å²) in [7, 11) is 0. The number of carbonyl (C=O) groups is 1. The highest BCUT2D eigenvalue weighted by Gasteiger charge is 2.14. The molecule has 90 valence electrons. The number of hydrogen-bond donors (Lipinski definition) is 0. The van der Waals surface area contributed by atoms with E-state index in [1.807, 2.05) is 4.90 Å². The first kappa shape index (κ1) is 13.5. The van der Waals surface area contributed by atoms with Crippen molar-refractivity contribution in [2.45, 2.75) is 27.3 Å². The van der Waals surface area contributed by atoms with Crippen molar-refractivity contribution in [3.05, 3.63) is 21.9 Å². The largest absolute Gasteiger partial charge is 0.336 e. The predicted molar refractivity (Wildman–Crippen MR) is 70.0 cm³/mol. The summed E-state index contributed by atoms with van der Waals surface area (Å²) in [5.74, 6) is 0.548. The molecule has 1 heterocycles. The first-order valence-electron chi connectivity index (χ1n) is 5.42. The molecule has 0 aromatic carbocycles. The van der Waals surface area contributed by atoms with E-state index in [0.717, 1.165) is 6.54 Å². The van der Waals surface area contributed by atoms with Crippen LogP contribution in [0.25, 0.3) is 0 Å². The van der Waals surface area contributed by atoms with Gasteiger partial charge in [0.1, 0.15) is 5.88 Å². The van der Waals surface area contributed by atoms with Gasteiger partial charge in [0.2, 0.25) is 5.91 Å². The molecule has 0 N–H and O–H groups in total. The lowest BCUT2D eigenvalue weighted by Crippen LogP contribution is -2.34. The zero-order chi connectivity index (χ0) is 12.1. The van der Waals surface area contributed by atoms with Crippen molar-refractivity contribution < 1.29 is 4.79 Å². The molecule has 1 amide bonds. The van der Waals surface area contributed by atoms with Gasteiger partial charge in [0.15, 0.2) is 0 Å². The molecule has 0 saturated carbocycles. The molecule has 1 aromatic rings. The van der Waals surface area contributed by atoms with Crippen LogP contribution in [0, 0.1) is 12.8 Å². The fourth-order valence-corrected chi connectivity index (χ4v) is 2.61. The van der Waals surface area contributed by atoms with E-state index < -0.39 is 0 Å². The van der Waals surface area contributed by atoms with Gasteiger partial charge >= 0.3 is 0 Å². The molecule has 0 aliphatic rings. The molecule has 2 nitrogen and oxygen atoms in total. The van der Waals surface area contributed by atoms with Crippen molar-refractivity contribution in [3.8, 4) is 0 Å². The van der Waals surface area contributed by atoms with E-state index in [-0.39, 0.29) is 11.8 Å². The zero-order valence-electron chi connectivity index (χ0n) is 10.00. The van der Waals surface area contributed by atoms with E-state index in [4.69, 9.17) is 11.6 Å². The molecule has 0 fully saturated rings. The van der Waals surface area contributed by atoms with E-state index in [2.05, 4.69) is 32.9 Å². The molecular formula is C12H18ClNOS. The molecule has 4 heteroatoms. The molecule has 0 aliphatic carbocycles. The van der Waals surface area contributed by atoms with Gasteiger partial charge in [-0.2, -0.15) is 0 Å². The smallest absolute Gasteiger partial charge is 0.237 e. The number of aryl methyl sites for hydroxylation is 1. The average molecular weight is 260 g/mol. The maximum Gasteiger partial charge on any atom is 0.237 e. The van der Waals surface area contributed by atoms with Crippen molar-refractivity contribution in [1.82, 2.24) is 4.90 Å². The summed E-state index contributed by atoms with van der Waals surface area (Å²) < 4.78 is 0. The first-order chi connectivity index (χ1) is 7.52. The van der Waals surface area contributed by atoms with Gasteiger partial charge in [-0.1, -0.05) is 13.8 Å². The average Bonchev–Trinajstić information content (AvgIpc) is 2.61. The monoisotopic (exact) mass is 259 g/mol. The van der Waals surface area contributed by atoms with E-state index in [0.29, 0.717) is 12.5 Å². The lowest BCUT2D eigenvalue weighted by atomic mass is 10.2. The van der Waals surface area contributed by atoms with Gasteiger partial charge in [0.25, 0.3) is 0 Å². The molecule has 0 saturated heterocycles. The minimum absolute atomic E-state index is 0.0152. The lowest BCUT2D eigenvalue weighted by Gasteiger charge is -2.23. The number of carbonyl (C=O) groups excluding carboxylic acids is 1. The number of hydrogen-bond acceptors (Lipinski definition) is 2. The van der Waals surface area contributed by atoms with Crippen molar-refractivity contribution >= 4 is 28.8 Å². The maximum atomic E-state index is 11.7. The second kappa shape index (κ2) is 6.26. The van der Waals surface area contributed by atoms with Gasteiger partial charge < -0.3 is 4.90 Å². The number of rotatable bonds is 5. The third kappa shape index (κ3) is 4.14. The molecule has 16 heavy (non-hydrogen) atoms. The van der Waals surface area contributed by atoms with Crippen LogP contribution in [0.5, 0.6) is 0 Å². The number of amides is 1. The van der Waals surface area contributed by atoms with E-state index in [1.165, 1.54) is 9.75 Å². The van der Waals surface area contributed by atoms with Gasteiger partial charge in [-0.25, -0.2) is 0 Å². The highest BCUT2D eigenvalue weighted by atomic mass is 35.5. The molecule has 0 unspecified atom stereocenters. The summed E-state index contributed by atoms with van der Waals surface area (Å²) in [5.41, 5.74) is 0. The van der Waals surface area contributed by atoms with E-state index >= 15 is 0 Å². The van der Waals surface area contributed by atoms with Gasteiger partial charge in [-0.15, -0.1) is 22.9 Å². The minimum atomic E-state index is 0.0152. The van der Waals surface area contributed by atoms with Crippen LogP contribution in [0.3, 0.4) is 0 Å². The fraction of sp³-hybridized carbons (Fsp3) is 0.583. The summed E-state index contributed by atoms with van der Waals surface area (Å²) in [6.45, 7) is 7.73. The number of thiophene rings is 1. The van der Waals surface area contributed by atoms with Gasteiger partial charge in [0, 0.05) is 16.3 Å². The van der Waals surface area contributed by atoms with Crippen LogP contribution in [-0.2, 0) is 11.3 Å². The Bertz CT molecular complexity index is 349. The van der Waals surface area contributed by atoms with Crippen LogP contribution in [0.2, 0.25) is 0 Å². The Kier molecular flexibility index (Phi) is 5.29. The predicted octanol–water partition coefficient (Wildman–Crippen LogP) is 3.28. The highest BCUT2D eigenvalue weighted by Crippen LogP contribution is 2.18. The summed E-state index contributed by atoms with van der Waals surface area (Å²) in [6.07, 6.45) is 0. The Morgan fingerprint density at radius 1 is 1.50 bits per heavy atom. The molecule has 0 atom stereocenters. The Balaban J connectivity index is 2.66. The van der Waals surface area contributed by atoms with Gasteiger partial charge in [-0.3, -0.25) is 4.79 Å². The second-order valence-electron chi connectivity index (χ2n) is 4.31. The Morgan fingerprint density at radius 2 is 2.19 bits per heavy atom. The molecule has 0 spiro atoms. The standard InChI is InChI=1S/C12H18ClNOS/c1-9(2)7-14(12(15)6-13)8-11-5-4-10(3)16-11/h4-5,9H,6-8H2,1-3H3. The third-order valence-corrected chi connectivity index (χ3v) is 3.41. The number of halogens is 1. The normalized spacial score (nSPS) is 10.8. The van der Waals surface area contributed by atoms with Crippen molar-refractivity contribution in [3.63, 3.8) is 0 Å². The van der Waals surface area contributed by atoms with Crippen molar-refractivity contribution in [1.29, 1.82) is 0 Å². The molecular weight excluding hydrogens is 242 g/mol. The zero-order valence-corrected chi connectivity index (χ0v) is 11.6. The van der Waals surface area contributed by atoms with Crippen molar-refractivity contribution in [2.75, 3.05) is 12.4 Å². The van der Waals surface area contributed by atoms with Crippen LogP contribution in [0.4, 0.5) is 0 Å². The molecule has 0 radical (unpaired) electrons. The Hall–Kier alpha value is -0.540. The van der Waals surface area contributed by atoms with Crippen LogP contribution < -0.4 is 0 Å². The molecule has 1 aromatic heterocycles. The Labute approximate surface area is 106 Å². The first-order valence-corrected chi connectivity index (χ1v) is 6.77. The molecule has 0 bridgehead atoms. The topological polar surface area (TPSA) is 20.3 Å². The molecule has 1 rings (SSSR count). The fourth-order valence-electron chi connectivity index (χ4n) is 1.54. The van der Waals surface area contributed by atoms with Crippen LogP contribution in [-0.4, -0.2) is 23.2 Å². The van der Waals surface area contributed by atoms with Crippen LogP contribution >= 0.6 is 22.9 Å². The van der Waals surface area contributed by atoms with E-state index in [9.17, 15) is 4.79 Å². The van der Waals surface area contributed by atoms with Gasteiger partial charge in [0.05, 0.1) is 6.54 Å². The third-order valence-electron chi connectivity index (χ3n) is 2.20. The summed E-state index contributed by atoms with van der Waals surface area (Å²) in [4.78, 5) is 16.0. The van der Waals surface area contributed by atoms with E-state index in [1.54, 1.807) is 11.3 Å². The Morgan fingerprint density at radius 3 is 2.62 bits per heavy atom. The van der Waals surface area contributed by atoms with Gasteiger partial charge in [-0.05, 0) is 25.0 Å². The summed E-state index contributed by atoms with van der Waals surface area (Å²) in [5, 5.41) is 0. The van der Waals surface area contributed by atoms with Crippen LogP contribution in [0.15, 0.2) is 12.1 Å². The quantitative estimate of drug-likeness (QED) is 0.743.